The van der Waals surface area contributed by atoms with Crippen molar-refractivity contribution in [3.05, 3.63) is 40.6 Å². The summed E-state index contributed by atoms with van der Waals surface area (Å²) < 4.78 is 33.5. The van der Waals surface area contributed by atoms with Crippen molar-refractivity contribution in [1.29, 1.82) is 0 Å². The summed E-state index contributed by atoms with van der Waals surface area (Å²) in [6.07, 6.45) is 4.44. The maximum Gasteiger partial charge on any atom is 0.352 e. The fourth-order valence-electron chi connectivity index (χ4n) is 4.29. The molecule has 2 N–H and O–H groups in total. The van der Waals surface area contributed by atoms with E-state index in [2.05, 4.69) is 9.62 Å². The molecule has 1 aromatic carbocycles. The first-order chi connectivity index (χ1) is 15.1. The van der Waals surface area contributed by atoms with Gasteiger partial charge in [-0.05, 0) is 44.4 Å². The second kappa shape index (κ2) is 8.05. The maximum atomic E-state index is 13.2. The Hall–Kier alpha value is -3.21. The lowest BCUT2D eigenvalue weighted by Crippen LogP contribution is -2.30. The van der Waals surface area contributed by atoms with Crippen LogP contribution in [-0.4, -0.2) is 46.3 Å². The monoisotopic (exact) mass is 461 g/mol. The van der Waals surface area contributed by atoms with Gasteiger partial charge >= 0.3 is 11.7 Å². The topological polar surface area (TPSA) is 119 Å². The average Bonchev–Trinajstić information content (AvgIpc) is 3.31. The number of imidazole rings is 1. The predicted molar refractivity (Wildman–Crippen MR) is 122 cm³/mol. The van der Waals surface area contributed by atoms with Crippen molar-refractivity contribution in [3.63, 3.8) is 0 Å². The Morgan fingerprint density at radius 3 is 2.25 bits per heavy atom. The van der Waals surface area contributed by atoms with Gasteiger partial charge in [-0.1, -0.05) is 0 Å². The van der Waals surface area contributed by atoms with E-state index in [1.807, 2.05) is 6.07 Å². The van der Waals surface area contributed by atoms with Crippen LogP contribution in [0.3, 0.4) is 0 Å². The highest BCUT2D eigenvalue weighted by molar-refractivity contribution is 7.92. The van der Waals surface area contributed by atoms with Gasteiger partial charge in [0.15, 0.2) is 0 Å². The van der Waals surface area contributed by atoms with Gasteiger partial charge in [0.05, 0.1) is 22.4 Å². The Bertz CT molecular complexity index is 1360. The molecule has 3 heterocycles. The van der Waals surface area contributed by atoms with E-state index >= 15 is 0 Å². The van der Waals surface area contributed by atoms with Gasteiger partial charge in [0.25, 0.3) is 10.0 Å². The molecule has 1 aliphatic heterocycles. The van der Waals surface area contributed by atoms with E-state index in [4.69, 9.17) is 0 Å². The number of nitrogens with zero attached hydrogens (tertiary/aromatic N) is 4. The van der Waals surface area contributed by atoms with E-state index in [-0.39, 0.29) is 16.3 Å². The first-order valence-electron chi connectivity index (χ1n) is 10.5. The highest BCUT2D eigenvalue weighted by atomic mass is 32.2. The number of sulfonamides is 1. The third kappa shape index (κ3) is 3.66. The highest BCUT2D eigenvalue weighted by Crippen LogP contribution is 2.34. The van der Waals surface area contributed by atoms with Gasteiger partial charge in [-0.25, -0.2) is 18.0 Å². The van der Waals surface area contributed by atoms with Crippen molar-refractivity contribution < 1.29 is 18.3 Å². The number of fused-ring (bicyclic) bond motifs is 1. The molecule has 0 radical (unpaired) electrons. The standard InChI is InChI=1S/C21H27N5O5S/c1-4-25-13-14(10-19(25)20(27)28)32(30,31)22-15-11-17-18(24(3)21(29)23(17)2)12-16(15)26-8-6-5-7-9-26/h10-13,22H,4-9H2,1-3H3,(H,27,28). The zero-order valence-corrected chi connectivity index (χ0v) is 19.1. The van der Waals surface area contributed by atoms with E-state index in [1.165, 1.54) is 15.3 Å². The summed E-state index contributed by atoms with van der Waals surface area (Å²) in [7, 11) is -0.727. The van der Waals surface area contributed by atoms with Crippen LogP contribution in [0.4, 0.5) is 11.4 Å². The predicted octanol–water partition coefficient (Wildman–Crippen LogP) is 2.19. The van der Waals surface area contributed by atoms with Crippen LogP contribution in [0.1, 0.15) is 36.7 Å². The molecule has 0 saturated carbocycles. The summed E-state index contributed by atoms with van der Waals surface area (Å²) >= 11 is 0. The van der Waals surface area contributed by atoms with Crippen LogP contribution in [0.2, 0.25) is 0 Å². The van der Waals surface area contributed by atoms with Gasteiger partial charge in [-0.15, -0.1) is 0 Å². The number of carbonyl (C=O) groups is 1. The Balaban J connectivity index is 1.84. The summed E-state index contributed by atoms with van der Waals surface area (Å²) in [5.41, 5.74) is 2.09. The van der Waals surface area contributed by atoms with Crippen LogP contribution in [0.25, 0.3) is 11.0 Å². The summed E-state index contributed by atoms with van der Waals surface area (Å²) in [4.78, 5) is 25.9. The van der Waals surface area contributed by atoms with E-state index in [1.54, 1.807) is 31.7 Å². The van der Waals surface area contributed by atoms with Crippen molar-refractivity contribution in [2.24, 2.45) is 14.1 Å². The van der Waals surface area contributed by atoms with Crippen molar-refractivity contribution in [3.8, 4) is 0 Å². The Morgan fingerprint density at radius 2 is 1.69 bits per heavy atom. The van der Waals surface area contributed by atoms with Crippen LogP contribution < -0.4 is 15.3 Å². The van der Waals surface area contributed by atoms with Crippen molar-refractivity contribution in [1.82, 2.24) is 13.7 Å². The minimum absolute atomic E-state index is 0.0926. The molecule has 32 heavy (non-hydrogen) atoms. The molecule has 1 aliphatic rings. The average molecular weight is 462 g/mol. The van der Waals surface area contributed by atoms with Crippen LogP contribution in [0.15, 0.2) is 34.1 Å². The van der Waals surface area contributed by atoms with Crippen molar-refractivity contribution in [2.45, 2.75) is 37.6 Å². The number of aromatic carboxylic acids is 1. The summed E-state index contributed by atoms with van der Waals surface area (Å²) in [5, 5.41) is 9.38. The van der Waals surface area contributed by atoms with Crippen LogP contribution in [0.5, 0.6) is 0 Å². The quantitative estimate of drug-likeness (QED) is 0.581. The molecule has 0 amide bonds. The molecule has 0 unspecified atom stereocenters. The third-order valence-corrected chi connectivity index (χ3v) is 7.40. The van der Waals surface area contributed by atoms with Crippen LogP contribution in [0, 0.1) is 0 Å². The second-order valence-corrected chi connectivity index (χ2v) is 9.75. The number of aromatic nitrogens is 3. The van der Waals surface area contributed by atoms with Gasteiger partial charge < -0.3 is 14.6 Å². The fraction of sp³-hybridized carbons (Fsp3) is 0.429. The van der Waals surface area contributed by atoms with Crippen molar-refractivity contribution in [2.75, 3.05) is 22.7 Å². The molecule has 0 bridgehead atoms. The maximum absolute atomic E-state index is 13.2. The van der Waals surface area contributed by atoms with E-state index in [0.29, 0.717) is 29.0 Å². The molecule has 2 aromatic heterocycles. The summed E-state index contributed by atoms with van der Waals surface area (Å²) in [6, 6.07) is 4.68. The molecule has 1 saturated heterocycles. The number of benzene rings is 1. The molecule has 3 aromatic rings. The Labute approximate surface area is 185 Å². The van der Waals surface area contributed by atoms with Gasteiger partial charge in [-0.2, -0.15) is 0 Å². The molecule has 0 aliphatic carbocycles. The second-order valence-electron chi connectivity index (χ2n) is 8.06. The number of hydrogen-bond acceptors (Lipinski definition) is 5. The largest absolute Gasteiger partial charge is 0.477 e. The van der Waals surface area contributed by atoms with Gasteiger partial charge in [-0.3, -0.25) is 13.9 Å². The number of aryl methyl sites for hydroxylation is 3. The number of rotatable bonds is 6. The minimum atomic E-state index is -4.06. The molecule has 4 rings (SSSR count). The summed E-state index contributed by atoms with van der Waals surface area (Å²) in [5.74, 6) is -1.19. The first kappa shape index (κ1) is 22.0. The number of piperidine rings is 1. The van der Waals surface area contributed by atoms with Gasteiger partial charge in [0.1, 0.15) is 10.6 Å². The molecule has 10 nitrogen and oxygen atoms in total. The highest BCUT2D eigenvalue weighted by Gasteiger charge is 2.25. The molecule has 1 fully saturated rings. The number of carboxylic acids is 1. The molecule has 0 atom stereocenters. The first-order valence-corrected chi connectivity index (χ1v) is 12.0. The number of hydrogen-bond donors (Lipinski definition) is 2. The molecular formula is C21H27N5O5S. The van der Waals surface area contributed by atoms with Crippen molar-refractivity contribution >= 4 is 38.4 Å². The van der Waals surface area contributed by atoms with E-state index in [0.717, 1.165) is 38.4 Å². The number of anilines is 2. The summed E-state index contributed by atoms with van der Waals surface area (Å²) in [6.45, 7) is 3.65. The Kier molecular flexibility index (Phi) is 5.53. The normalized spacial score (nSPS) is 14.8. The van der Waals surface area contributed by atoms with Crippen LogP contribution in [-0.2, 0) is 30.7 Å². The SMILES string of the molecule is CCn1cc(S(=O)(=O)Nc2cc3c(cc2N2CCCCC2)n(C)c(=O)n3C)cc1C(=O)O. The molecule has 11 heteroatoms. The zero-order valence-electron chi connectivity index (χ0n) is 18.3. The fourth-order valence-corrected chi connectivity index (χ4v) is 5.39. The lowest BCUT2D eigenvalue weighted by Gasteiger charge is -2.30. The van der Waals surface area contributed by atoms with E-state index < -0.39 is 16.0 Å². The van der Waals surface area contributed by atoms with Crippen LogP contribution >= 0.6 is 0 Å². The van der Waals surface area contributed by atoms with Gasteiger partial charge in [0, 0.05) is 39.9 Å². The minimum Gasteiger partial charge on any atom is -0.477 e. The smallest absolute Gasteiger partial charge is 0.352 e. The molecule has 172 valence electrons. The lowest BCUT2D eigenvalue weighted by atomic mass is 10.1. The Morgan fingerprint density at radius 1 is 1.06 bits per heavy atom. The number of carboxylic acid groups (broad SMARTS) is 1. The lowest BCUT2D eigenvalue weighted by molar-refractivity contribution is 0.0685. The molecular weight excluding hydrogens is 434 g/mol. The molecule has 0 spiro atoms. The van der Waals surface area contributed by atoms with E-state index in [9.17, 15) is 23.1 Å². The number of nitrogens with one attached hydrogen (secondary N) is 1. The van der Waals surface area contributed by atoms with Gasteiger partial charge in [0.2, 0.25) is 0 Å². The zero-order chi connectivity index (χ0) is 23.2. The third-order valence-electron chi connectivity index (χ3n) is 6.07.